The molecular formula is C46H34N2S. The van der Waals surface area contributed by atoms with Gasteiger partial charge >= 0.3 is 0 Å². The van der Waals surface area contributed by atoms with Crippen LogP contribution in [0.4, 0.5) is 34.1 Å². The summed E-state index contributed by atoms with van der Waals surface area (Å²) < 4.78 is 2.54. The number of nitrogens with zero attached hydrogens (tertiary/aromatic N) is 2. The highest BCUT2D eigenvalue weighted by molar-refractivity contribution is 7.27. The Balaban J connectivity index is 1.45. The molecule has 0 saturated carbocycles. The van der Waals surface area contributed by atoms with Gasteiger partial charge in [0.2, 0.25) is 0 Å². The fourth-order valence-corrected chi connectivity index (χ4v) is 8.50. The molecule has 234 valence electrons. The third-order valence-electron chi connectivity index (χ3n) is 9.51. The van der Waals surface area contributed by atoms with Crippen molar-refractivity contribution in [2.45, 2.75) is 13.8 Å². The van der Waals surface area contributed by atoms with E-state index in [0.29, 0.717) is 0 Å². The molecule has 49 heavy (non-hydrogen) atoms. The second-order valence-corrected chi connectivity index (χ2v) is 13.8. The van der Waals surface area contributed by atoms with Crippen LogP contribution in [0.2, 0.25) is 0 Å². The van der Waals surface area contributed by atoms with Crippen molar-refractivity contribution in [3.8, 4) is 0 Å². The minimum atomic E-state index is 1.14. The molecule has 9 rings (SSSR count). The van der Waals surface area contributed by atoms with Crippen LogP contribution in [-0.4, -0.2) is 0 Å². The van der Waals surface area contributed by atoms with Crippen molar-refractivity contribution >= 4 is 87.2 Å². The average molecular weight is 647 g/mol. The van der Waals surface area contributed by atoms with Crippen molar-refractivity contribution in [2.75, 3.05) is 9.80 Å². The van der Waals surface area contributed by atoms with Crippen molar-refractivity contribution in [3.63, 3.8) is 0 Å². The monoisotopic (exact) mass is 646 g/mol. The number of aryl methyl sites for hydroxylation is 2. The first kappa shape index (κ1) is 29.3. The maximum Gasteiger partial charge on any atom is 0.0646 e. The van der Waals surface area contributed by atoms with Gasteiger partial charge in [0, 0.05) is 33.5 Å². The van der Waals surface area contributed by atoms with E-state index in [0.717, 1.165) is 22.7 Å². The molecule has 1 aromatic heterocycles. The van der Waals surface area contributed by atoms with E-state index in [1.807, 2.05) is 11.3 Å². The lowest BCUT2D eigenvalue weighted by Crippen LogP contribution is -2.10. The van der Waals surface area contributed by atoms with Gasteiger partial charge in [-0.15, -0.1) is 11.3 Å². The topological polar surface area (TPSA) is 6.48 Å². The standard InChI is InChI=1S/C46H34N2S/c1-31-21-25-37(26-22-31)47(35-15-5-3-6-16-35)41-29-33-13-9-11-19-39(33)43-44-40-20-12-10-14-34(40)30-42(46(44)49-45(41)43)48(36-17-7-4-8-18-36)38-27-23-32(2)24-28-38/h3-30H,1-2H3. The van der Waals surface area contributed by atoms with Crippen LogP contribution in [0.25, 0.3) is 41.7 Å². The first-order chi connectivity index (χ1) is 24.1. The highest BCUT2D eigenvalue weighted by Gasteiger charge is 2.25. The first-order valence-corrected chi connectivity index (χ1v) is 17.6. The Labute approximate surface area is 290 Å². The molecule has 0 N–H and O–H groups in total. The number of hydrogen-bond acceptors (Lipinski definition) is 3. The fourth-order valence-electron chi connectivity index (χ4n) is 7.16. The molecule has 1 heterocycles. The number of benzene rings is 8. The molecular weight excluding hydrogens is 613 g/mol. The van der Waals surface area contributed by atoms with Crippen LogP contribution >= 0.6 is 11.3 Å². The molecule has 2 nitrogen and oxygen atoms in total. The molecule has 8 aromatic carbocycles. The number of thiophene rings is 1. The predicted octanol–water partition coefficient (Wildman–Crippen LogP) is 13.9. The molecule has 0 spiro atoms. The van der Waals surface area contributed by atoms with E-state index in [-0.39, 0.29) is 0 Å². The summed E-state index contributed by atoms with van der Waals surface area (Å²) in [6.07, 6.45) is 0. The van der Waals surface area contributed by atoms with Crippen LogP contribution in [0.1, 0.15) is 11.1 Å². The highest BCUT2D eigenvalue weighted by atomic mass is 32.1. The molecule has 0 fully saturated rings. The third kappa shape index (κ3) is 5.02. The molecule has 0 radical (unpaired) electrons. The summed E-state index contributed by atoms with van der Waals surface area (Å²) >= 11 is 1.90. The van der Waals surface area contributed by atoms with Crippen LogP contribution in [-0.2, 0) is 0 Å². The maximum absolute atomic E-state index is 2.43. The normalized spacial score (nSPS) is 11.5. The van der Waals surface area contributed by atoms with Gasteiger partial charge in [0.05, 0.1) is 20.8 Å². The number of hydrogen-bond donors (Lipinski definition) is 0. The van der Waals surface area contributed by atoms with Gasteiger partial charge in [0.15, 0.2) is 0 Å². The Kier molecular flexibility index (Phi) is 7.14. The zero-order valence-corrected chi connectivity index (χ0v) is 28.3. The van der Waals surface area contributed by atoms with Gasteiger partial charge in [-0.1, -0.05) is 120 Å². The molecule has 0 aliphatic carbocycles. The Bertz CT molecular complexity index is 2420. The van der Waals surface area contributed by atoms with Crippen LogP contribution in [0.3, 0.4) is 0 Å². The summed E-state index contributed by atoms with van der Waals surface area (Å²) in [7, 11) is 0. The molecule has 3 heteroatoms. The number of rotatable bonds is 6. The van der Waals surface area contributed by atoms with Crippen LogP contribution in [0, 0.1) is 13.8 Å². The Hall–Kier alpha value is -5.90. The lowest BCUT2D eigenvalue weighted by molar-refractivity contribution is 1.29. The van der Waals surface area contributed by atoms with E-state index in [9.17, 15) is 0 Å². The van der Waals surface area contributed by atoms with Gasteiger partial charge in [0.1, 0.15) is 0 Å². The smallest absolute Gasteiger partial charge is 0.0646 e. The molecule has 0 saturated heterocycles. The van der Waals surface area contributed by atoms with E-state index >= 15 is 0 Å². The highest BCUT2D eigenvalue weighted by Crippen LogP contribution is 2.53. The lowest BCUT2D eigenvalue weighted by Gasteiger charge is -2.27. The lowest BCUT2D eigenvalue weighted by atomic mass is 9.97. The number of fused-ring (bicyclic) bond motifs is 7. The molecule has 0 aliphatic heterocycles. The SMILES string of the molecule is Cc1ccc(N(c2ccccc2)c2cc3ccccc3c3c2sc2c(N(c4ccccc4)c4ccc(C)cc4)cc4ccccc4c23)cc1. The fraction of sp³-hybridized carbons (Fsp3) is 0.0435. The molecule has 9 aromatic rings. The summed E-state index contributed by atoms with van der Waals surface area (Å²) in [5, 5.41) is 7.60. The minimum Gasteiger partial charge on any atom is -0.309 e. The average Bonchev–Trinajstić information content (AvgIpc) is 3.56. The Morgan fingerprint density at radius 3 is 1.12 bits per heavy atom. The summed E-state index contributed by atoms with van der Waals surface area (Å²) in [6, 6.07) is 61.9. The largest absolute Gasteiger partial charge is 0.309 e. The van der Waals surface area contributed by atoms with Crippen molar-refractivity contribution in [3.05, 3.63) is 181 Å². The Morgan fingerprint density at radius 2 is 0.714 bits per heavy atom. The molecule has 0 amide bonds. The van der Waals surface area contributed by atoms with Crippen LogP contribution in [0.5, 0.6) is 0 Å². The van der Waals surface area contributed by atoms with E-state index in [4.69, 9.17) is 0 Å². The second-order valence-electron chi connectivity index (χ2n) is 12.8. The van der Waals surface area contributed by atoms with Gasteiger partial charge in [-0.2, -0.15) is 0 Å². The minimum absolute atomic E-state index is 1.14. The van der Waals surface area contributed by atoms with E-state index in [1.54, 1.807) is 0 Å². The number of para-hydroxylation sites is 2. The van der Waals surface area contributed by atoms with Crippen LogP contribution < -0.4 is 9.80 Å². The van der Waals surface area contributed by atoms with Crippen molar-refractivity contribution in [1.82, 2.24) is 0 Å². The predicted molar refractivity (Wildman–Crippen MR) is 213 cm³/mol. The van der Waals surface area contributed by atoms with Crippen molar-refractivity contribution in [2.24, 2.45) is 0 Å². The van der Waals surface area contributed by atoms with Gasteiger partial charge in [-0.3, -0.25) is 0 Å². The maximum atomic E-state index is 2.43. The van der Waals surface area contributed by atoms with E-state index in [1.165, 1.54) is 64.2 Å². The third-order valence-corrected chi connectivity index (χ3v) is 10.7. The molecule has 0 aliphatic rings. The van der Waals surface area contributed by atoms with Gasteiger partial charge in [0.25, 0.3) is 0 Å². The van der Waals surface area contributed by atoms with E-state index < -0.39 is 0 Å². The summed E-state index contributed by atoms with van der Waals surface area (Å²) in [5.74, 6) is 0. The van der Waals surface area contributed by atoms with Crippen molar-refractivity contribution < 1.29 is 0 Å². The summed E-state index contributed by atoms with van der Waals surface area (Å²) in [6.45, 7) is 4.30. The first-order valence-electron chi connectivity index (χ1n) is 16.8. The van der Waals surface area contributed by atoms with Gasteiger partial charge < -0.3 is 9.80 Å². The molecule has 0 atom stereocenters. The Morgan fingerprint density at radius 1 is 0.367 bits per heavy atom. The van der Waals surface area contributed by atoms with Gasteiger partial charge in [-0.05, 0) is 96.1 Å². The zero-order chi connectivity index (χ0) is 32.9. The number of anilines is 6. The quantitative estimate of drug-likeness (QED) is 0.177. The van der Waals surface area contributed by atoms with Crippen LogP contribution in [0.15, 0.2) is 170 Å². The summed E-state index contributed by atoms with van der Waals surface area (Å²) in [5.41, 5.74) is 9.41. The molecule has 0 bridgehead atoms. The second kappa shape index (κ2) is 12.0. The molecule has 0 unspecified atom stereocenters. The zero-order valence-electron chi connectivity index (χ0n) is 27.5. The summed E-state index contributed by atoms with van der Waals surface area (Å²) in [4.78, 5) is 4.86. The van der Waals surface area contributed by atoms with E-state index in [2.05, 4.69) is 194 Å². The van der Waals surface area contributed by atoms with Crippen molar-refractivity contribution in [1.29, 1.82) is 0 Å². The van der Waals surface area contributed by atoms with Gasteiger partial charge in [-0.25, -0.2) is 0 Å².